The van der Waals surface area contributed by atoms with Crippen LogP contribution in [-0.2, 0) is 11.3 Å². The molecule has 0 spiro atoms. The number of fused-ring (bicyclic) bond motifs is 1. The molecule has 4 heteroatoms. The van der Waals surface area contributed by atoms with Crippen LogP contribution in [0.3, 0.4) is 0 Å². The molecule has 4 aromatic rings. The Labute approximate surface area is 164 Å². The lowest BCUT2D eigenvalue weighted by atomic mass is 10.1. The van der Waals surface area contributed by atoms with Gasteiger partial charge in [-0.25, -0.2) is 4.79 Å². The van der Waals surface area contributed by atoms with Crippen LogP contribution in [0.15, 0.2) is 91.1 Å². The minimum absolute atomic E-state index is 0.236. The van der Waals surface area contributed by atoms with Gasteiger partial charge in [-0.05, 0) is 35.6 Å². The van der Waals surface area contributed by atoms with E-state index in [9.17, 15) is 4.79 Å². The van der Waals surface area contributed by atoms with Crippen molar-refractivity contribution in [1.29, 1.82) is 0 Å². The third-order valence-electron chi connectivity index (χ3n) is 4.73. The van der Waals surface area contributed by atoms with E-state index in [1.165, 1.54) is 0 Å². The number of nitrogens with one attached hydrogen (secondary N) is 1. The lowest BCUT2D eigenvalue weighted by Gasteiger charge is -2.22. The van der Waals surface area contributed by atoms with Crippen molar-refractivity contribution in [2.45, 2.75) is 19.7 Å². The molecule has 0 radical (unpaired) electrons. The molecule has 0 aliphatic rings. The molecule has 1 amide bonds. The molecule has 0 saturated carbocycles. The highest BCUT2D eigenvalue weighted by Gasteiger charge is 2.19. The predicted octanol–water partition coefficient (Wildman–Crippen LogP) is 5.42. The number of ether oxygens (including phenoxy) is 1. The zero-order valence-corrected chi connectivity index (χ0v) is 15.7. The quantitative estimate of drug-likeness (QED) is 0.509. The molecule has 1 heterocycles. The van der Waals surface area contributed by atoms with Gasteiger partial charge in [-0.15, -0.1) is 0 Å². The Kier molecular flexibility index (Phi) is 5.11. The normalized spacial score (nSPS) is 11.9. The van der Waals surface area contributed by atoms with Crippen molar-refractivity contribution in [3.05, 3.63) is 108 Å². The molecule has 28 heavy (non-hydrogen) atoms. The van der Waals surface area contributed by atoms with Crippen molar-refractivity contribution in [3.8, 4) is 0 Å². The second-order valence-corrected chi connectivity index (χ2v) is 6.80. The summed E-state index contributed by atoms with van der Waals surface area (Å²) in [5, 5.41) is 4.15. The molecular formula is C24H22N2O2. The van der Waals surface area contributed by atoms with Crippen LogP contribution in [0.1, 0.15) is 22.9 Å². The molecule has 1 unspecified atom stereocenters. The van der Waals surface area contributed by atoms with Crippen molar-refractivity contribution in [2.75, 3.05) is 0 Å². The van der Waals surface area contributed by atoms with E-state index in [-0.39, 0.29) is 12.8 Å². The Hall–Kier alpha value is -3.53. The van der Waals surface area contributed by atoms with Gasteiger partial charge in [0.05, 0.1) is 5.52 Å². The minimum Gasteiger partial charge on any atom is -0.445 e. The molecule has 3 aromatic carbocycles. The number of alkyl carbamates (subject to hydrolysis) is 1. The summed E-state index contributed by atoms with van der Waals surface area (Å²) in [7, 11) is 0. The van der Waals surface area contributed by atoms with Crippen LogP contribution >= 0.6 is 0 Å². The second-order valence-electron chi connectivity index (χ2n) is 6.80. The number of rotatable bonds is 5. The number of carbonyl (C=O) groups excluding carboxylic acids is 1. The number of aryl methyl sites for hydroxylation is 1. The Morgan fingerprint density at radius 2 is 1.75 bits per heavy atom. The molecule has 1 atom stereocenters. The number of benzene rings is 3. The smallest absolute Gasteiger partial charge is 0.409 e. The van der Waals surface area contributed by atoms with Gasteiger partial charge in [0, 0.05) is 6.20 Å². The Balaban J connectivity index is 1.61. The first-order valence-electron chi connectivity index (χ1n) is 9.30. The number of nitrogens with zero attached hydrogens (tertiary/aromatic N) is 1. The number of hydrogen-bond acceptors (Lipinski definition) is 2. The van der Waals surface area contributed by atoms with Crippen molar-refractivity contribution in [2.24, 2.45) is 0 Å². The minimum atomic E-state index is -0.451. The fourth-order valence-corrected chi connectivity index (χ4v) is 3.36. The van der Waals surface area contributed by atoms with Crippen LogP contribution in [0.4, 0.5) is 4.79 Å². The van der Waals surface area contributed by atoms with Gasteiger partial charge in [-0.2, -0.15) is 0 Å². The number of aromatic nitrogens is 1. The highest BCUT2D eigenvalue weighted by molar-refractivity contribution is 5.80. The molecule has 1 N–H and O–H groups in total. The van der Waals surface area contributed by atoms with E-state index in [4.69, 9.17) is 4.74 Å². The SMILES string of the molecule is Cc1cccc(C(NC(=O)OCc2ccccc2)n2ccc3ccccc32)c1. The lowest BCUT2D eigenvalue weighted by molar-refractivity contribution is 0.134. The predicted molar refractivity (Wildman–Crippen MR) is 111 cm³/mol. The van der Waals surface area contributed by atoms with E-state index in [0.29, 0.717) is 0 Å². The Bertz CT molecular complexity index is 1090. The van der Waals surface area contributed by atoms with Gasteiger partial charge in [-0.1, -0.05) is 78.4 Å². The molecule has 0 aliphatic heterocycles. The summed E-state index contributed by atoms with van der Waals surface area (Å²) >= 11 is 0. The summed E-state index contributed by atoms with van der Waals surface area (Å²) in [6.07, 6.45) is 1.19. The molecule has 0 saturated heterocycles. The van der Waals surface area contributed by atoms with Crippen LogP contribution < -0.4 is 5.32 Å². The van der Waals surface area contributed by atoms with Gasteiger partial charge in [0.2, 0.25) is 0 Å². The van der Waals surface area contributed by atoms with E-state index in [1.807, 2.05) is 73.8 Å². The highest BCUT2D eigenvalue weighted by Crippen LogP contribution is 2.24. The molecule has 1 aromatic heterocycles. The topological polar surface area (TPSA) is 43.3 Å². The number of amides is 1. The summed E-state index contributed by atoms with van der Waals surface area (Å²) in [4.78, 5) is 12.6. The van der Waals surface area contributed by atoms with Gasteiger partial charge >= 0.3 is 6.09 Å². The van der Waals surface area contributed by atoms with Gasteiger partial charge in [-0.3, -0.25) is 5.32 Å². The van der Waals surface area contributed by atoms with Gasteiger partial charge in [0.25, 0.3) is 0 Å². The van der Waals surface area contributed by atoms with Crippen LogP contribution in [-0.4, -0.2) is 10.7 Å². The van der Waals surface area contributed by atoms with Crippen LogP contribution in [0, 0.1) is 6.92 Å². The molecule has 0 fully saturated rings. The number of hydrogen-bond donors (Lipinski definition) is 1. The average Bonchev–Trinajstić information content (AvgIpc) is 3.15. The van der Waals surface area contributed by atoms with Crippen molar-refractivity contribution >= 4 is 17.0 Å². The molecular weight excluding hydrogens is 348 g/mol. The van der Waals surface area contributed by atoms with Crippen molar-refractivity contribution in [3.63, 3.8) is 0 Å². The summed E-state index contributed by atoms with van der Waals surface area (Å²) < 4.78 is 7.52. The number of para-hydroxylation sites is 1. The second kappa shape index (κ2) is 8.01. The highest BCUT2D eigenvalue weighted by atomic mass is 16.5. The summed E-state index contributed by atoms with van der Waals surface area (Å²) in [6, 6.07) is 28.0. The Morgan fingerprint density at radius 3 is 2.57 bits per heavy atom. The molecule has 0 bridgehead atoms. The monoisotopic (exact) mass is 370 g/mol. The van der Waals surface area contributed by atoms with Crippen LogP contribution in [0.2, 0.25) is 0 Å². The molecule has 0 aliphatic carbocycles. The van der Waals surface area contributed by atoms with E-state index in [0.717, 1.165) is 27.6 Å². The van der Waals surface area contributed by atoms with E-state index >= 15 is 0 Å². The summed E-state index contributed by atoms with van der Waals surface area (Å²) in [5.74, 6) is 0. The maximum absolute atomic E-state index is 12.6. The third-order valence-corrected chi connectivity index (χ3v) is 4.73. The standard InChI is InChI=1S/C24H22N2O2/c1-18-8-7-12-21(16-18)23(26-15-14-20-11-5-6-13-22(20)26)25-24(27)28-17-19-9-3-2-4-10-19/h2-16,23H,17H2,1H3,(H,25,27). The average molecular weight is 370 g/mol. The zero-order chi connectivity index (χ0) is 19.3. The number of carbonyl (C=O) groups is 1. The first-order valence-corrected chi connectivity index (χ1v) is 9.30. The zero-order valence-electron chi connectivity index (χ0n) is 15.7. The molecule has 4 nitrogen and oxygen atoms in total. The van der Waals surface area contributed by atoms with E-state index in [2.05, 4.69) is 34.1 Å². The van der Waals surface area contributed by atoms with Gasteiger partial charge < -0.3 is 9.30 Å². The molecule has 140 valence electrons. The third kappa shape index (κ3) is 3.91. The fourth-order valence-electron chi connectivity index (χ4n) is 3.36. The molecule has 4 rings (SSSR count). The maximum atomic E-state index is 12.6. The first kappa shape index (κ1) is 17.9. The van der Waals surface area contributed by atoms with E-state index < -0.39 is 6.09 Å². The van der Waals surface area contributed by atoms with Gasteiger partial charge in [0.1, 0.15) is 12.8 Å². The van der Waals surface area contributed by atoms with Gasteiger partial charge in [0.15, 0.2) is 0 Å². The maximum Gasteiger partial charge on any atom is 0.409 e. The summed E-state index contributed by atoms with van der Waals surface area (Å²) in [6.45, 7) is 2.28. The fraction of sp³-hybridized carbons (Fsp3) is 0.125. The van der Waals surface area contributed by atoms with Crippen LogP contribution in [0.5, 0.6) is 0 Å². The Morgan fingerprint density at radius 1 is 0.964 bits per heavy atom. The summed E-state index contributed by atoms with van der Waals surface area (Å²) in [5.41, 5.74) is 4.14. The van der Waals surface area contributed by atoms with Crippen molar-refractivity contribution < 1.29 is 9.53 Å². The van der Waals surface area contributed by atoms with E-state index in [1.54, 1.807) is 0 Å². The van der Waals surface area contributed by atoms with Crippen LogP contribution in [0.25, 0.3) is 10.9 Å². The first-order chi connectivity index (χ1) is 13.7. The van der Waals surface area contributed by atoms with Crippen molar-refractivity contribution in [1.82, 2.24) is 9.88 Å². The lowest BCUT2D eigenvalue weighted by Crippen LogP contribution is -2.33. The largest absolute Gasteiger partial charge is 0.445 e.